The fourth-order valence-electron chi connectivity index (χ4n) is 2.11. The minimum absolute atomic E-state index is 0.808. The highest BCUT2D eigenvalue weighted by Gasteiger charge is 2.09. The number of rotatable bonds is 3. The molecule has 0 saturated heterocycles. The Bertz CT molecular complexity index is 496. The fourth-order valence-corrected chi connectivity index (χ4v) is 2.11. The lowest BCUT2D eigenvalue weighted by atomic mass is 10.1. The molecule has 0 saturated carbocycles. The summed E-state index contributed by atoms with van der Waals surface area (Å²) in [5.74, 6) is 0. The molecular formula is C13H18N4. The molecule has 17 heavy (non-hydrogen) atoms. The van der Waals surface area contributed by atoms with E-state index in [1.807, 2.05) is 43.3 Å². The summed E-state index contributed by atoms with van der Waals surface area (Å²) < 4.78 is 1.81. The summed E-state index contributed by atoms with van der Waals surface area (Å²) >= 11 is 0. The quantitative estimate of drug-likeness (QED) is 0.820. The Morgan fingerprint density at radius 3 is 2.76 bits per heavy atom. The van der Waals surface area contributed by atoms with E-state index in [9.17, 15) is 0 Å². The number of aryl methyl sites for hydroxylation is 2. The molecule has 0 aliphatic carbocycles. The van der Waals surface area contributed by atoms with Gasteiger partial charge in [-0.15, -0.1) is 0 Å². The number of anilines is 2. The zero-order valence-electron chi connectivity index (χ0n) is 10.5. The molecular weight excluding hydrogens is 212 g/mol. The van der Waals surface area contributed by atoms with Crippen LogP contribution in [-0.2, 0) is 13.6 Å². The predicted molar refractivity (Wildman–Crippen MR) is 70.9 cm³/mol. The first-order chi connectivity index (χ1) is 8.08. The van der Waals surface area contributed by atoms with Crippen LogP contribution in [0.5, 0.6) is 0 Å². The SMILES string of the molecule is Cc1cccc(N)c1N(C)Cc1cnn(C)c1. The van der Waals surface area contributed by atoms with Crippen molar-refractivity contribution in [2.45, 2.75) is 13.5 Å². The molecule has 0 amide bonds. The molecule has 0 spiro atoms. The third-order valence-electron chi connectivity index (χ3n) is 2.83. The minimum atomic E-state index is 0.808. The third kappa shape index (κ3) is 2.41. The molecule has 0 unspecified atom stereocenters. The third-order valence-corrected chi connectivity index (χ3v) is 2.83. The Hall–Kier alpha value is -1.97. The van der Waals surface area contributed by atoms with Crippen molar-refractivity contribution in [3.63, 3.8) is 0 Å². The van der Waals surface area contributed by atoms with Crippen LogP contribution in [0.1, 0.15) is 11.1 Å². The molecule has 2 rings (SSSR count). The molecule has 90 valence electrons. The van der Waals surface area contributed by atoms with Crippen LogP contribution in [-0.4, -0.2) is 16.8 Å². The van der Waals surface area contributed by atoms with E-state index in [0.29, 0.717) is 0 Å². The van der Waals surface area contributed by atoms with Gasteiger partial charge < -0.3 is 10.6 Å². The zero-order chi connectivity index (χ0) is 12.4. The van der Waals surface area contributed by atoms with E-state index in [1.165, 1.54) is 11.1 Å². The van der Waals surface area contributed by atoms with Crippen LogP contribution in [0, 0.1) is 6.92 Å². The largest absolute Gasteiger partial charge is 0.397 e. The lowest BCUT2D eigenvalue weighted by Gasteiger charge is -2.22. The molecule has 0 bridgehead atoms. The Labute approximate surface area is 102 Å². The van der Waals surface area contributed by atoms with Crippen LogP contribution < -0.4 is 10.6 Å². The van der Waals surface area contributed by atoms with Gasteiger partial charge in [0.25, 0.3) is 0 Å². The number of nitrogens with two attached hydrogens (primary N) is 1. The van der Waals surface area contributed by atoms with Crippen LogP contribution in [0.3, 0.4) is 0 Å². The van der Waals surface area contributed by atoms with E-state index < -0.39 is 0 Å². The van der Waals surface area contributed by atoms with Crippen molar-refractivity contribution in [3.05, 3.63) is 41.7 Å². The summed E-state index contributed by atoms with van der Waals surface area (Å²) in [4.78, 5) is 2.15. The highest BCUT2D eigenvalue weighted by atomic mass is 15.2. The normalized spacial score (nSPS) is 10.5. The second-order valence-electron chi connectivity index (χ2n) is 4.39. The summed E-state index contributed by atoms with van der Waals surface area (Å²) in [6.07, 6.45) is 3.90. The van der Waals surface area contributed by atoms with Gasteiger partial charge in [0.05, 0.1) is 17.6 Å². The van der Waals surface area contributed by atoms with Gasteiger partial charge in [0.15, 0.2) is 0 Å². The molecule has 0 aliphatic rings. The molecule has 0 radical (unpaired) electrons. The topological polar surface area (TPSA) is 47.1 Å². The van der Waals surface area contributed by atoms with Crippen molar-refractivity contribution in [1.82, 2.24) is 9.78 Å². The summed E-state index contributed by atoms with van der Waals surface area (Å²) in [6, 6.07) is 5.99. The Morgan fingerprint density at radius 1 is 1.41 bits per heavy atom. The smallest absolute Gasteiger partial charge is 0.0630 e. The summed E-state index contributed by atoms with van der Waals surface area (Å²) in [5, 5.41) is 4.17. The Morgan fingerprint density at radius 2 is 2.18 bits per heavy atom. The monoisotopic (exact) mass is 230 g/mol. The first-order valence-corrected chi connectivity index (χ1v) is 5.61. The van der Waals surface area contributed by atoms with Crippen LogP contribution in [0.2, 0.25) is 0 Å². The Kier molecular flexibility index (Phi) is 3.04. The maximum Gasteiger partial charge on any atom is 0.0630 e. The van der Waals surface area contributed by atoms with Crippen LogP contribution in [0.25, 0.3) is 0 Å². The van der Waals surface area contributed by atoms with Gasteiger partial charge in [-0.05, 0) is 18.6 Å². The number of hydrogen-bond donors (Lipinski definition) is 1. The first kappa shape index (κ1) is 11.5. The maximum absolute atomic E-state index is 6.02. The van der Waals surface area contributed by atoms with Gasteiger partial charge in [0.1, 0.15) is 0 Å². The highest BCUT2D eigenvalue weighted by molar-refractivity contribution is 5.71. The van der Waals surface area contributed by atoms with Crippen molar-refractivity contribution in [2.24, 2.45) is 7.05 Å². The van der Waals surface area contributed by atoms with Gasteiger partial charge in [-0.1, -0.05) is 12.1 Å². The highest BCUT2D eigenvalue weighted by Crippen LogP contribution is 2.27. The van der Waals surface area contributed by atoms with Crippen LogP contribution >= 0.6 is 0 Å². The average Bonchev–Trinajstić information content (AvgIpc) is 2.63. The summed E-state index contributed by atoms with van der Waals surface area (Å²) in [5.41, 5.74) is 10.3. The van der Waals surface area contributed by atoms with Gasteiger partial charge in [-0.3, -0.25) is 4.68 Å². The lowest BCUT2D eigenvalue weighted by Crippen LogP contribution is -2.18. The van der Waals surface area contributed by atoms with Gasteiger partial charge in [0.2, 0.25) is 0 Å². The number of nitrogens with zero attached hydrogens (tertiary/aromatic N) is 3. The number of hydrogen-bond acceptors (Lipinski definition) is 3. The van der Waals surface area contributed by atoms with Crippen LogP contribution in [0.4, 0.5) is 11.4 Å². The predicted octanol–water partition coefficient (Wildman–Crippen LogP) is 1.95. The molecule has 4 nitrogen and oxygen atoms in total. The number of benzene rings is 1. The van der Waals surface area contributed by atoms with Gasteiger partial charge >= 0.3 is 0 Å². The molecule has 2 aromatic rings. The van der Waals surface area contributed by atoms with E-state index in [0.717, 1.165) is 17.9 Å². The molecule has 0 fully saturated rings. The van der Waals surface area contributed by atoms with E-state index in [2.05, 4.69) is 23.0 Å². The number of aromatic nitrogens is 2. The van der Waals surface area contributed by atoms with E-state index >= 15 is 0 Å². The van der Waals surface area contributed by atoms with Crippen LogP contribution in [0.15, 0.2) is 30.6 Å². The van der Waals surface area contributed by atoms with Crippen molar-refractivity contribution in [1.29, 1.82) is 0 Å². The standard InChI is InChI=1S/C13H18N4/c1-10-5-4-6-12(14)13(10)16(2)8-11-7-15-17(3)9-11/h4-7,9H,8,14H2,1-3H3. The second kappa shape index (κ2) is 4.49. The fraction of sp³-hybridized carbons (Fsp3) is 0.308. The molecule has 4 heteroatoms. The van der Waals surface area contributed by atoms with Crippen molar-refractivity contribution in [3.8, 4) is 0 Å². The molecule has 1 aromatic carbocycles. The average molecular weight is 230 g/mol. The first-order valence-electron chi connectivity index (χ1n) is 5.61. The van der Waals surface area contributed by atoms with Gasteiger partial charge in [0, 0.05) is 32.4 Å². The van der Waals surface area contributed by atoms with E-state index in [-0.39, 0.29) is 0 Å². The zero-order valence-corrected chi connectivity index (χ0v) is 10.5. The molecule has 0 atom stereocenters. The molecule has 1 aromatic heterocycles. The molecule has 1 heterocycles. The van der Waals surface area contributed by atoms with Gasteiger partial charge in [-0.25, -0.2) is 0 Å². The molecule has 0 aliphatic heterocycles. The van der Waals surface area contributed by atoms with Crippen molar-refractivity contribution < 1.29 is 0 Å². The van der Waals surface area contributed by atoms with E-state index in [1.54, 1.807) is 0 Å². The number of para-hydroxylation sites is 1. The maximum atomic E-state index is 6.02. The lowest BCUT2D eigenvalue weighted by molar-refractivity contribution is 0.766. The summed E-state index contributed by atoms with van der Waals surface area (Å²) in [6.45, 7) is 2.88. The second-order valence-corrected chi connectivity index (χ2v) is 4.39. The molecule has 2 N–H and O–H groups in total. The number of nitrogen functional groups attached to an aromatic ring is 1. The van der Waals surface area contributed by atoms with Gasteiger partial charge in [-0.2, -0.15) is 5.10 Å². The minimum Gasteiger partial charge on any atom is -0.397 e. The van der Waals surface area contributed by atoms with Crippen molar-refractivity contribution >= 4 is 11.4 Å². The Balaban J connectivity index is 2.22. The summed E-state index contributed by atoms with van der Waals surface area (Å²) in [7, 11) is 3.97. The van der Waals surface area contributed by atoms with Crippen molar-refractivity contribution in [2.75, 3.05) is 17.7 Å². The van der Waals surface area contributed by atoms with E-state index in [4.69, 9.17) is 5.73 Å².